The summed E-state index contributed by atoms with van der Waals surface area (Å²) in [7, 11) is 0. The Bertz CT molecular complexity index is 1570. The molecule has 186 valence electrons. The number of nitrogens with zero attached hydrogens (tertiary/aromatic N) is 1. The second-order valence-corrected chi connectivity index (χ2v) is 9.50. The Morgan fingerprint density at radius 1 is 0.308 bits per heavy atom. The number of anilines is 3. The molecular formula is C38H29N. The van der Waals surface area contributed by atoms with E-state index in [1.165, 1.54) is 27.8 Å². The van der Waals surface area contributed by atoms with Crippen LogP contribution in [0.25, 0.3) is 34.4 Å². The topological polar surface area (TPSA) is 3.24 Å². The Hall–Kier alpha value is -5.14. The average Bonchev–Trinajstić information content (AvgIpc) is 3.02. The summed E-state index contributed by atoms with van der Waals surface area (Å²) >= 11 is 0. The zero-order valence-electron chi connectivity index (χ0n) is 21.7. The molecule has 0 amide bonds. The molecule has 0 fully saturated rings. The highest BCUT2D eigenvalue weighted by molar-refractivity contribution is 5.81. The van der Waals surface area contributed by atoms with Crippen LogP contribution in [0.1, 0.15) is 11.1 Å². The van der Waals surface area contributed by atoms with Crippen molar-refractivity contribution in [1.29, 1.82) is 0 Å². The normalized spacial score (nSPS) is 11.0. The second kappa shape index (κ2) is 11.5. The first kappa shape index (κ1) is 24.2. The highest BCUT2D eigenvalue weighted by Crippen LogP contribution is 2.37. The summed E-state index contributed by atoms with van der Waals surface area (Å²) in [5.74, 6) is 0. The standard InChI is InChI=1S/C38H29N/c1-4-11-30(12-5-1)19-20-31-13-10-18-38(29-31)39(36-25-21-34(22-26-36)32-14-6-2-7-15-32)37-27-23-35(24-28-37)33-16-8-3-9-17-33/h1-29H/b20-19+. The van der Waals surface area contributed by atoms with Gasteiger partial charge in [-0.3, -0.25) is 0 Å². The van der Waals surface area contributed by atoms with E-state index in [1.54, 1.807) is 0 Å². The third-order valence-electron chi connectivity index (χ3n) is 6.86. The smallest absolute Gasteiger partial charge is 0.0467 e. The summed E-state index contributed by atoms with van der Waals surface area (Å²) in [6.45, 7) is 0. The first-order valence-electron chi connectivity index (χ1n) is 13.3. The Labute approximate surface area is 231 Å². The highest BCUT2D eigenvalue weighted by Gasteiger charge is 2.13. The van der Waals surface area contributed by atoms with E-state index < -0.39 is 0 Å². The largest absolute Gasteiger partial charge is 0.310 e. The summed E-state index contributed by atoms with van der Waals surface area (Å²) in [5, 5.41) is 0. The zero-order chi connectivity index (χ0) is 26.3. The Morgan fingerprint density at radius 2 is 0.718 bits per heavy atom. The van der Waals surface area contributed by atoms with Gasteiger partial charge in [0.1, 0.15) is 0 Å². The van der Waals surface area contributed by atoms with E-state index in [0.29, 0.717) is 0 Å². The van der Waals surface area contributed by atoms with Gasteiger partial charge >= 0.3 is 0 Å². The van der Waals surface area contributed by atoms with E-state index in [2.05, 4.69) is 175 Å². The first-order valence-corrected chi connectivity index (χ1v) is 13.3. The van der Waals surface area contributed by atoms with Crippen molar-refractivity contribution >= 4 is 29.2 Å². The molecule has 0 saturated carbocycles. The van der Waals surface area contributed by atoms with E-state index in [1.807, 2.05) is 6.07 Å². The van der Waals surface area contributed by atoms with Crippen LogP contribution in [0.15, 0.2) is 164 Å². The fourth-order valence-electron chi connectivity index (χ4n) is 4.84. The van der Waals surface area contributed by atoms with E-state index >= 15 is 0 Å². The Morgan fingerprint density at radius 3 is 1.23 bits per heavy atom. The van der Waals surface area contributed by atoms with Crippen molar-refractivity contribution in [2.75, 3.05) is 4.90 Å². The average molecular weight is 500 g/mol. The number of hydrogen-bond donors (Lipinski definition) is 0. The maximum atomic E-state index is 2.32. The molecule has 1 heteroatoms. The summed E-state index contributed by atoms with van der Waals surface area (Å²) < 4.78 is 0. The summed E-state index contributed by atoms with van der Waals surface area (Å²) in [4.78, 5) is 2.32. The molecular weight excluding hydrogens is 470 g/mol. The van der Waals surface area contributed by atoms with Crippen LogP contribution in [-0.2, 0) is 0 Å². The Balaban J connectivity index is 1.38. The SMILES string of the molecule is C(=C\c1cccc(N(c2ccc(-c3ccccc3)cc2)c2ccc(-c3ccccc3)cc2)c1)/c1ccccc1. The minimum Gasteiger partial charge on any atom is -0.310 e. The van der Waals surface area contributed by atoms with Crippen LogP contribution >= 0.6 is 0 Å². The molecule has 6 rings (SSSR count). The lowest BCUT2D eigenvalue weighted by Crippen LogP contribution is -2.10. The van der Waals surface area contributed by atoms with Crippen molar-refractivity contribution in [3.8, 4) is 22.3 Å². The second-order valence-electron chi connectivity index (χ2n) is 9.50. The molecule has 0 radical (unpaired) electrons. The van der Waals surface area contributed by atoms with Gasteiger partial charge in [0.2, 0.25) is 0 Å². The lowest BCUT2D eigenvalue weighted by molar-refractivity contribution is 1.28. The van der Waals surface area contributed by atoms with Gasteiger partial charge in [0.15, 0.2) is 0 Å². The van der Waals surface area contributed by atoms with Crippen LogP contribution in [-0.4, -0.2) is 0 Å². The molecule has 0 aromatic heterocycles. The fraction of sp³-hybridized carbons (Fsp3) is 0. The Kier molecular flexibility index (Phi) is 7.14. The minimum atomic E-state index is 1.12. The van der Waals surface area contributed by atoms with Crippen LogP contribution in [0.3, 0.4) is 0 Å². The maximum absolute atomic E-state index is 2.32. The lowest BCUT2D eigenvalue weighted by Gasteiger charge is -2.26. The van der Waals surface area contributed by atoms with Gasteiger partial charge in [-0.2, -0.15) is 0 Å². The molecule has 0 aliphatic heterocycles. The van der Waals surface area contributed by atoms with Gasteiger partial charge < -0.3 is 4.90 Å². The van der Waals surface area contributed by atoms with Crippen LogP contribution in [0.2, 0.25) is 0 Å². The van der Waals surface area contributed by atoms with E-state index in [-0.39, 0.29) is 0 Å². The molecule has 0 bridgehead atoms. The quantitative estimate of drug-likeness (QED) is 0.197. The van der Waals surface area contributed by atoms with Crippen molar-refractivity contribution < 1.29 is 0 Å². The van der Waals surface area contributed by atoms with Crippen molar-refractivity contribution in [3.63, 3.8) is 0 Å². The zero-order valence-corrected chi connectivity index (χ0v) is 21.7. The predicted octanol–water partition coefficient (Wildman–Crippen LogP) is 10.7. The van der Waals surface area contributed by atoms with Crippen molar-refractivity contribution in [1.82, 2.24) is 0 Å². The van der Waals surface area contributed by atoms with Crippen LogP contribution in [0.5, 0.6) is 0 Å². The molecule has 0 spiro atoms. The summed E-state index contributed by atoms with van der Waals surface area (Å²) in [6.07, 6.45) is 4.33. The molecule has 0 atom stereocenters. The fourth-order valence-corrected chi connectivity index (χ4v) is 4.84. The van der Waals surface area contributed by atoms with Gasteiger partial charge in [0, 0.05) is 17.1 Å². The van der Waals surface area contributed by atoms with Gasteiger partial charge in [0.25, 0.3) is 0 Å². The third kappa shape index (κ3) is 5.74. The van der Waals surface area contributed by atoms with E-state index in [4.69, 9.17) is 0 Å². The van der Waals surface area contributed by atoms with Crippen molar-refractivity contribution in [2.45, 2.75) is 0 Å². The molecule has 0 saturated heterocycles. The van der Waals surface area contributed by atoms with Gasteiger partial charge in [0.05, 0.1) is 0 Å². The van der Waals surface area contributed by atoms with Gasteiger partial charge in [-0.25, -0.2) is 0 Å². The van der Waals surface area contributed by atoms with Gasteiger partial charge in [-0.15, -0.1) is 0 Å². The van der Waals surface area contributed by atoms with E-state index in [9.17, 15) is 0 Å². The van der Waals surface area contributed by atoms with Crippen LogP contribution < -0.4 is 4.90 Å². The minimum absolute atomic E-state index is 1.12. The van der Waals surface area contributed by atoms with Crippen LogP contribution in [0, 0.1) is 0 Å². The number of benzene rings is 6. The molecule has 0 aliphatic rings. The van der Waals surface area contributed by atoms with E-state index in [0.717, 1.165) is 22.6 Å². The lowest BCUT2D eigenvalue weighted by atomic mass is 10.0. The summed E-state index contributed by atoms with van der Waals surface area (Å²) in [5.41, 5.74) is 10.5. The number of rotatable bonds is 7. The molecule has 6 aromatic rings. The highest BCUT2D eigenvalue weighted by atomic mass is 15.1. The number of hydrogen-bond acceptors (Lipinski definition) is 1. The van der Waals surface area contributed by atoms with Crippen molar-refractivity contribution in [3.05, 3.63) is 175 Å². The van der Waals surface area contributed by atoms with Gasteiger partial charge in [-0.1, -0.05) is 140 Å². The molecule has 0 aliphatic carbocycles. The predicted molar refractivity (Wildman–Crippen MR) is 167 cm³/mol. The van der Waals surface area contributed by atoms with Crippen LogP contribution in [0.4, 0.5) is 17.1 Å². The molecule has 0 N–H and O–H groups in total. The molecule has 39 heavy (non-hydrogen) atoms. The maximum Gasteiger partial charge on any atom is 0.0467 e. The van der Waals surface area contributed by atoms with Gasteiger partial charge in [-0.05, 0) is 69.8 Å². The summed E-state index contributed by atoms with van der Waals surface area (Å²) in [6, 6.07) is 57.8. The molecule has 0 unspecified atom stereocenters. The van der Waals surface area contributed by atoms with Crippen molar-refractivity contribution in [2.24, 2.45) is 0 Å². The molecule has 0 heterocycles. The molecule has 1 nitrogen and oxygen atoms in total. The third-order valence-corrected chi connectivity index (χ3v) is 6.86. The monoisotopic (exact) mass is 499 g/mol. The molecule has 6 aromatic carbocycles. The first-order chi connectivity index (χ1) is 19.3.